The average Bonchev–Trinajstić information content (AvgIpc) is 2.72. The third-order valence-electron chi connectivity index (χ3n) is 4.04. The first kappa shape index (κ1) is 23.1. The summed E-state index contributed by atoms with van der Waals surface area (Å²) in [4.78, 5) is 5.36. The molecule has 0 unspecified atom stereocenters. The largest absolute Gasteiger partial charge is 0.487 e. The fraction of sp³-hybridized carbons (Fsp3) is 0.0909. The zero-order valence-corrected chi connectivity index (χ0v) is 21.2. The van der Waals surface area contributed by atoms with Gasteiger partial charge >= 0.3 is 0 Å². The average molecular weight is 663 g/mol. The molecular formula is C22H14Cl2I2N2O2. The van der Waals surface area contributed by atoms with Crippen LogP contribution >= 0.6 is 68.4 Å². The molecule has 3 aromatic carbocycles. The Balaban J connectivity index is 1.64. The van der Waals surface area contributed by atoms with E-state index in [1.54, 1.807) is 24.4 Å². The molecule has 0 atom stereocenters. The normalized spacial score (nSPS) is 10.8. The second-order valence-electron chi connectivity index (χ2n) is 6.11. The number of ether oxygens (including phenoxy) is 1. The number of hydrogen-bond acceptors (Lipinski definition) is 4. The first-order chi connectivity index (χ1) is 14.5. The van der Waals surface area contributed by atoms with E-state index in [0.717, 1.165) is 29.6 Å². The zero-order valence-electron chi connectivity index (χ0n) is 15.4. The maximum Gasteiger partial charge on any atom is 0.146 e. The van der Waals surface area contributed by atoms with Crippen molar-refractivity contribution in [2.24, 2.45) is 5.16 Å². The molecule has 0 amide bonds. The Morgan fingerprint density at radius 2 is 1.70 bits per heavy atom. The molecule has 0 N–H and O–H groups in total. The fourth-order valence-electron chi connectivity index (χ4n) is 2.54. The van der Waals surface area contributed by atoms with Crippen molar-refractivity contribution in [3.63, 3.8) is 0 Å². The maximum atomic E-state index is 9.11. The van der Waals surface area contributed by atoms with Gasteiger partial charge in [0.15, 0.2) is 0 Å². The Labute approximate surface area is 212 Å². The number of nitriles is 1. The van der Waals surface area contributed by atoms with Gasteiger partial charge in [0, 0.05) is 21.2 Å². The van der Waals surface area contributed by atoms with Crippen LogP contribution in [0.2, 0.25) is 10.0 Å². The molecule has 30 heavy (non-hydrogen) atoms. The molecule has 0 radical (unpaired) electrons. The van der Waals surface area contributed by atoms with Crippen LogP contribution in [-0.2, 0) is 18.1 Å². The van der Waals surface area contributed by atoms with Gasteiger partial charge in [-0.3, -0.25) is 0 Å². The monoisotopic (exact) mass is 662 g/mol. The van der Waals surface area contributed by atoms with Crippen molar-refractivity contribution < 1.29 is 9.57 Å². The quantitative estimate of drug-likeness (QED) is 0.153. The van der Waals surface area contributed by atoms with Gasteiger partial charge in [-0.05, 0) is 81.1 Å². The summed E-state index contributed by atoms with van der Waals surface area (Å²) in [5, 5.41) is 14.3. The van der Waals surface area contributed by atoms with Gasteiger partial charge in [-0.25, -0.2) is 0 Å². The van der Waals surface area contributed by atoms with Crippen molar-refractivity contribution in [2.75, 3.05) is 0 Å². The third kappa shape index (κ3) is 6.23. The highest BCUT2D eigenvalue weighted by Gasteiger charge is 2.10. The van der Waals surface area contributed by atoms with Crippen molar-refractivity contribution in [3.05, 3.63) is 94.0 Å². The van der Waals surface area contributed by atoms with Gasteiger partial charge in [0.05, 0.1) is 25.0 Å². The number of halogens is 4. The van der Waals surface area contributed by atoms with Gasteiger partial charge in [-0.2, -0.15) is 5.26 Å². The Morgan fingerprint density at radius 3 is 2.40 bits per heavy atom. The predicted molar refractivity (Wildman–Crippen MR) is 136 cm³/mol. The van der Waals surface area contributed by atoms with Gasteiger partial charge in [0.25, 0.3) is 0 Å². The van der Waals surface area contributed by atoms with E-state index < -0.39 is 0 Å². The first-order valence-corrected chi connectivity index (χ1v) is 11.6. The summed E-state index contributed by atoms with van der Waals surface area (Å²) in [5.74, 6) is 0.781. The minimum atomic E-state index is 0.234. The Bertz CT molecular complexity index is 1110. The number of hydrogen-bond donors (Lipinski definition) is 0. The lowest BCUT2D eigenvalue weighted by Gasteiger charge is -2.12. The van der Waals surface area contributed by atoms with Crippen molar-refractivity contribution >= 4 is 74.6 Å². The van der Waals surface area contributed by atoms with Crippen LogP contribution < -0.4 is 4.74 Å². The van der Waals surface area contributed by atoms with E-state index in [1.165, 1.54) is 0 Å². The van der Waals surface area contributed by atoms with E-state index in [4.69, 9.17) is 38.0 Å². The highest BCUT2D eigenvalue weighted by molar-refractivity contribution is 14.1. The molecule has 3 aromatic rings. The Hall–Kier alpha value is -1.54. The molecule has 0 aliphatic heterocycles. The van der Waals surface area contributed by atoms with Gasteiger partial charge in [0.1, 0.15) is 19.0 Å². The number of benzene rings is 3. The number of nitrogens with zero attached hydrogens (tertiary/aromatic N) is 2. The summed E-state index contributed by atoms with van der Waals surface area (Å²) >= 11 is 16.6. The third-order valence-corrected chi connectivity index (χ3v) is 6.23. The van der Waals surface area contributed by atoms with Crippen LogP contribution in [0.3, 0.4) is 0 Å². The lowest BCUT2D eigenvalue weighted by Crippen LogP contribution is -2.01. The Morgan fingerprint density at radius 1 is 0.967 bits per heavy atom. The summed E-state index contributed by atoms with van der Waals surface area (Å²) in [6.45, 7) is 0.578. The molecule has 0 saturated heterocycles. The smallest absolute Gasteiger partial charge is 0.146 e. The summed E-state index contributed by atoms with van der Waals surface area (Å²) in [7, 11) is 0. The van der Waals surface area contributed by atoms with Gasteiger partial charge < -0.3 is 9.57 Å². The topological polar surface area (TPSA) is 54.6 Å². The minimum Gasteiger partial charge on any atom is -0.487 e. The van der Waals surface area contributed by atoms with Gasteiger partial charge in [0.2, 0.25) is 0 Å². The standard InChI is InChI=1S/C22H14Cl2I2N2O2/c23-18-6-5-17(19(24)9-18)12-29-22-20(25)7-14(8-21(22)26)11-28-30-13-16-4-2-1-3-15(16)10-27/h1-9,11H,12-13H2/b28-11-. The molecule has 0 bridgehead atoms. The molecule has 152 valence electrons. The molecule has 3 rings (SSSR count). The van der Waals surface area contributed by atoms with Crippen molar-refractivity contribution in [1.82, 2.24) is 0 Å². The summed E-state index contributed by atoms with van der Waals surface area (Å²) in [6, 6.07) is 18.7. The first-order valence-electron chi connectivity index (χ1n) is 8.67. The summed E-state index contributed by atoms with van der Waals surface area (Å²) in [6.07, 6.45) is 1.64. The van der Waals surface area contributed by atoms with Gasteiger partial charge in [-0.15, -0.1) is 0 Å². The van der Waals surface area contributed by atoms with E-state index in [2.05, 4.69) is 56.4 Å². The van der Waals surface area contributed by atoms with Crippen LogP contribution in [0.25, 0.3) is 0 Å². The molecular weight excluding hydrogens is 649 g/mol. The van der Waals surface area contributed by atoms with Crippen LogP contribution in [-0.4, -0.2) is 6.21 Å². The molecule has 8 heteroatoms. The van der Waals surface area contributed by atoms with Gasteiger partial charge in [-0.1, -0.05) is 52.6 Å². The second kappa shape index (κ2) is 11.2. The van der Waals surface area contributed by atoms with Crippen LogP contribution in [0.1, 0.15) is 22.3 Å². The maximum absolute atomic E-state index is 9.11. The second-order valence-corrected chi connectivity index (χ2v) is 9.28. The van der Waals surface area contributed by atoms with Crippen molar-refractivity contribution in [1.29, 1.82) is 5.26 Å². The highest BCUT2D eigenvalue weighted by atomic mass is 127. The van der Waals surface area contributed by atoms with Crippen molar-refractivity contribution in [2.45, 2.75) is 13.2 Å². The molecule has 0 spiro atoms. The molecule has 0 aliphatic carbocycles. The van der Waals surface area contributed by atoms with Crippen molar-refractivity contribution in [3.8, 4) is 11.8 Å². The molecule has 0 aromatic heterocycles. The zero-order chi connectivity index (χ0) is 21.5. The SMILES string of the molecule is N#Cc1ccccc1CO/N=C\c1cc(I)c(OCc2ccc(Cl)cc2Cl)c(I)c1. The molecule has 4 nitrogen and oxygen atoms in total. The lowest BCUT2D eigenvalue weighted by molar-refractivity contribution is 0.132. The predicted octanol–water partition coefficient (Wildman–Crippen LogP) is 7.20. The lowest BCUT2D eigenvalue weighted by atomic mass is 10.1. The van der Waals surface area contributed by atoms with E-state index in [9.17, 15) is 0 Å². The fourth-order valence-corrected chi connectivity index (χ4v) is 5.13. The van der Waals surface area contributed by atoms with E-state index in [1.807, 2.05) is 36.4 Å². The van der Waals surface area contributed by atoms with Crippen LogP contribution in [0.15, 0.2) is 59.8 Å². The molecule has 0 heterocycles. The number of rotatable bonds is 7. The van der Waals surface area contributed by atoms with Crippen LogP contribution in [0, 0.1) is 18.5 Å². The summed E-state index contributed by atoms with van der Waals surface area (Å²) in [5.41, 5.74) is 3.13. The Kier molecular flexibility index (Phi) is 8.62. The number of oxime groups is 1. The van der Waals surface area contributed by atoms with E-state index in [0.29, 0.717) is 22.2 Å². The highest BCUT2D eigenvalue weighted by Crippen LogP contribution is 2.30. The molecule has 0 aliphatic rings. The molecule has 0 fully saturated rings. The van der Waals surface area contributed by atoms with Crippen LogP contribution in [0.4, 0.5) is 0 Å². The van der Waals surface area contributed by atoms with E-state index in [-0.39, 0.29) is 6.61 Å². The molecule has 0 saturated carbocycles. The van der Waals surface area contributed by atoms with Crippen LogP contribution in [0.5, 0.6) is 5.75 Å². The van der Waals surface area contributed by atoms with E-state index >= 15 is 0 Å². The summed E-state index contributed by atoms with van der Waals surface area (Å²) < 4.78 is 7.88. The minimum absolute atomic E-state index is 0.234.